The van der Waals surface area contributed by atoms with Crippen LogP contribution < -0.4 is 0 Å². The van der Waals surface area contributed by atoms with Crippen molar-refractivity contribution in [3.63, 3.8) is 0 Å². The molecule has 0 radical (unpaired) electrons. The quantitative estimate of drug-likeness (QED) is 0.625. The van der Waals surface area contributed by atoms with E-state index < -0.39 is 0 Å². The summed E-state index contributed by atoms with van der Waals surface area (Å²) in [5.41, 5.74) is 2.77. The highest BCUT2D eigenvalue weighted by Gasteiger charge is 2.08. The van der Waals surface area contributed by atoms with Crippen LogP contribution in [0.2, 0.25) is 0 Å². The zero-order chi connectivity index (χ0) is 9.80. The molecule has 0 atom stereocenters. The SMILES string of the molecule is CC1=CCC[N+](Cc2ccccc2)=C1. The molecule has 1 aliphatic rings. The predicted octanol–water partition coefficient (Wildman–Crippen LogP) is 2.62. The first kappa shape index (κ1) is 9.20. The van der Waals surface area contributed by atoms with E-state index in [2.05, 4.69) is 54.1 Å². The van der Waals surface area contributed by atoms with Gasteiger partial charge in [-0.15, -0.1) is 0 Å². The van der Waals surface area contributed by atoms with Crippen LogP contribution in [0.1, 0.15) is 18.9 Å². The first-order chi connectivity index (χ1) is 6.84. The molecule has 0 fully saturated rings. The molecular weight excluding hydrogens is 170 g/mol. The number of benzene rings is 1. The van der Waals surface area contributed by atoms with E-state index in [1.807, 2.05) is 0 Å². The Balaban J connectivity index is 2.09. The van der Waals surface area contributed by atoms with Crippen LogP contribution in [0.3, 0.4) is 0 Å². The van der Waals surface area contributed by atoms with E-state index in [1.54, 1.807) is 0 Å². The lowest BCUT2D eigenvalue weighted by atomic mass is 10.1. The van der Waals surface area contributed by atoms with Gasteiger partial charge in [-0.2, -0.15) is 0 Å². The minimum atomic E-state index is 1.03. The largest absolute Gasteiger partial charge is 0.231 e. The second kappa shape index (κ2) is 4.23. The van der Waals surface area contributed by atoms with Crippen molar-refractivity contribution in [1.82, 2.24) is 0 Å². The summed E-state index contributed by atoms with van der Waals surface area (Å²) in [5, 5.41) is 0. The Morgan fingerprint density at radius 3 is 2.71 bits per heavy atom. The smallest absolute Gasteiger partial charge is 0.168 e. The van der Waals surface area contributed by atoms with E-state index in [0.29, 0.717) is 0 Å². The van der Waals surface area contributed by atoms with Crippen LogP contribution >= 0.6 is 0 Å². The van der Waals surface area contributed by atoms with Crippen LogP contribution in [-0.4, -0.2) is 17.3 Å². The normalized spacial score (nSPS) is 16.1. The van der Waals surface area contributed by atoms with Crippen LogP contribution in [0.5, 0.6) is 0 Å². The van der Waals surface area contributed by atoms with E-state index in [9.17, 15) is 0 Å². The van der Waals surface area contributed by atoms with Gasteiger partial charge in [-0.3, -0.25) is 0 Å². The number of rotatable bonds is 2. The van der Waals surface area contributed by atoms with E-state index in [0.717, 1.165) is 13.1 Å². The highest BCUT2D eigenvalue weighted by Crippen LogP contribution is 2.05. The molecule has 14 heavy (non-hydrogen) atoms. The van der Waals surface area contributed by atoms with Crippen molar-refractivity contribution in [2.24, 2.45) is 0 Å². The fourth-order valence-corrected chi connectivity index (χ4v) is 1.81. The maximum atomic E-state index is 2.38. The summed E-state index contributed by atoms with van der Waals surface area (Å²) in [4.78, 5) is 0. The maximum absolute atomic E-state index is 2.38. The molecule has 1 heteroatoms. The molecule has 0 bridgehead atoms. The van der Waals surface area contributed by atoms with Gasteiger partial charge in [0.2, 0.25) is 0 Å². The lowest BCUT2D eigenvalue weighted by Gasteiger charge is -2.07. The van der Waals surface area contributed by atoms with Gasteiger partial charge in [0.15, 0.2) is 12.8 Å². The minimum Gasteiger partial charge on any atom is -0.231 e. The zero-order valence-corrected chi connectivity index (χ0v) is 8.61. The molecule has 1 heterocycles. The van der Waals surface area contributed by atoms with Crippen LogP contribution in [0, 0.1) is 0 Å². The van der Waals surface area contributed by atoms with E-state index in [4.69, 9.17) is 0 Å². The molecule has 0 unspecified atom stereocenters. The fraction of sp³-hybridized carbons (Fsp3) is 0.308. The number of allylic oxidation sites excluding steroid dienone is 1. The third kappa shape index (κ3) is 2.32. The van der Waals surface area contributed by atoms with Crippen LogP contribution in [-0.2, 0) is 6.54 Å². The van der Waals surface area contributed by atoms with Crippen molar-refractivity contribution in [3.8, 4) is 0 Å². The summed E-state index contributed by atoms with van der Waals surface area (Å²) in [6, 6.07) is 10.6. The Morgan fingerprint density at radius 2 is 2.00 bits per heavy atom. The number of hydrogen-bond acceptors (Lipinski definition) is 0. The monoisotopic (exact) mass is 186 g/mol. The molecule has 0 N–H and O–H groups in total. The van der Waals surface area contributed by atoms with Crippen LogP contribution in [0.15, 0.2) is 42.0 Å². The second-order valence-electron chi connectivity index (χ2n) is 3.82. The highest BCUT2D eigenvalue weighted by molar-refractivity contribution is 5.73. The maximum Gasteiger partial charge on any atom is 0.168 e. The van der Waals surface area contributed by atoms with E-state index in [1.165, 1.54) is 17.6 Å². The third-order valence-electron chi connectivity index (χ3n) is 2.50. The average Bonchev–Trinajstić information content (AvgIpc) is 2.19. The van der Waals surface area contributed by atoms with Crippen LogP contribution in [0.25, 0.3) is 0 Å². The molecule has 0 aromatic heterocycles. The summed E-state index contributed by atoms with van der Waals surface area (Å²) in [6.07, 6.45) is 5.72. The van der Waals surface area contributed by atoms with E-state index >= 15 is 0 Å². The topological polar surface area (TPSA) is 3.01 Å². The molecule has 0 aliphatic carbocycles. The van der Waals surface area contributed by atoms with Crippen molar-refractivity contribution in [3.05, 3.63) is 47.5 Å². The fourth-order valence-electron chi connectivity index (χ4n) is 1.81. The Morgan fingerprint density at radius 1 is 1.21 bits per heavy atom. The first-order valence-electron chi connectivity index (χ1n) is 5.14. The predicted molar refractivity (Wildman–Crippen MR) is 59.7 cm³/mol. The molecule has 1 aromatic rings. The Labute approximate surface area is 85.4 Å². The lowest BCUT2D eigenvalue weighted by molar-refractivity contribution is -0.539. The van der Waals surface area contributed by atoms with Gasteiger partial charge >= 0.3 is 0 Å². The second-order valence-corrected chi connectivity index (χ2v) is 3.82. The molecule has 0 amide bonds. The molecule has 0 spiro atoms. The summed E-state index contributed by atoms with van der Waals surface area (Å²) in [6.45, 7) is 4.34. The van der Waals surface area contributed by atoms with Gasteiger partial charge in [0.05, 0.1) is 0 Å². The van der Waals surface area contributed by atoms with Gasteiger partial charge in [-0.25, -0.2) is 4.58 Å². The van der Waals surface area contributed by atoms with Crippen LogP contribution in [0.4, 0.5) is 0 Å². The highest BCUT2D eigenvalue weighted by atomic mass is 15.0. The first-order valence-corrected chi connectivity index (χ1v) is 5.14. The van der Waals surface area contributed by atoms with Crippen molar-refractivity contribution < 1.29 is 4.58 Å². The lowest BCUT2D eigenvalue weighted by Crippen LogP contribution is -2.17. The van der Waals surface area contributed by atoms with E-state index in [-0.39, 0.29) is 0 Å². The number of nitrogens with zero attached hydrogens (tertiary/aromatic N) is 1. The average molecular weight is 186 g/mol. The standard InChI is InChI=1S/C13H16N/c1-12-6-5-9-14(10-12)11-13-7-3-2-4-8-13/h2-4,6-8,10H,5,9,11H2,1H3/q+1. The molecule has 0 saturated heterocycles. The van der Waals surface area contributed by atoms with Gasteiger partial charge in [-0.1, -0.05) is 36.4 Å². The summed E-state index contributed by atoms with van der Waals surface area (Å²) in [7, 11) is 0. The Bertz CT molecular complexity index is 360. The minimum absolute atomic E-state index is 1.03. The summed E-state index contributed by atoms with van der Waals surface area (Å²) < 4.78 is 2.38. The molecule has 0 saturated carbocycles. The van der Waals surface area contributed by atoms with Crippen molar-refractivity contribution in [2.75, 3.05) is 6.54 Å². The van der Waals surface area contributed by atoms with Gasteiger partial charge < -0.3 is 0 Å². The summed E-state index contributed by atoms with van der Waals surface area (Å²) >= 11 is 0. The molecular formula is C13H16N+. The molecule has 2 rings (SSSR count). The summed E-state index contributed by atoms with van der Waals surface area (Å²) in [5.74, 6) is 0. The van der Waals surface area contributed by atoms with Gasteiger partial charge in [0.25, 0.3) is 0 Å². The molecule has 72 valence electrons. The molecule has 1 nitrogen and oxygen atoms in total. The Kier molecular flexibility index (Phi) is 2.78. The molecule has 1 aromatic carbocycles. The van der Waals surface area contributed by atoms with Gasteiger partial charge in [-0.05, 0) is 6.92 Å². The Hall–Kier alpha value is -1.37. The van der Waals surface area contributed by atoms with Crippen molar-refractivity contribution in [1.29, 1.82) is 0 Å². The van der Waals surface area contributed by atoms with Gasteiger partial charge in [0, 0.05) is 17.6 Å². The molecule has 1 aliphatic heterocycles. The van der Waals surface area contributed by atoms with Crippen molar-refractivity contribution >= 4 is 6.21 Å². The third-order valence-corrected chi connectivity index (χ3v) is 2.50. The van der Waals surface area contributed by atoms with Crippen molar-refractivity contribution in [2.45, 2.75) is 19.9 Å². The zero-order valence-electron chi connectivity index (χ0n) is 8.61. The number of hydrogen-bond donors (Lipinski definition) is 0. The van der Waals surface area contributed by atoms with Gasteiger partial charge in [0.1, 0.15) is 6.54 Å².